The van der Waals surface area contributed by atoms with Crippen molar-refractivity contribution >= 4 is 23.5 Å². The highest BCUT2D eigenvalue weighted by molar-refractivity contribution is 6.32. The van der Waals surface area contributed by atoms with Crippen LogP contribution in [0.1, 0.15) is 16.7 Å². The van der Waals surface area contributed by atoms with Crippen LogP contribution in [0.25, 0.3) is 0 Å². The lowest BCUT2D eigenvalue weighted by molar-refractivity contribution is 0.284. The van der Waals surface area contributed by atoms with Crippen molar-refractivity contribution in [3.8, 4) is 11.5 Å². The van der Waals surface area contributed by atoms with Crippen molar-refractivity contribution in [1.29, 1.82) is 0 Å². The minimum Gasteiger partial charge on any atom is -0.493 e. The van der Waals surface area contributed by atoms with Gasteiger partial charge in [0, 0.05) is 0 Å². The van der Waals surface area contributed by atoms with Crippen molar-refractivity contribution in [1.82, 2.24) is 10.2 Å². The molecule has 144 valence electrons. The molecular weight excluding hydrogens is 380 g/mol. The van der Waals surface area contributed by atoms with Gasteiger partial charge in [0.05, 0.1) is 19.5 Å². The molecule has 0 radical (unpaired) electrons. The van der Waals surface area contributed by atoms with Crippen molar-refractivity contribution in [2.75, 3.05) is 12.5 Å². The van der Waals surface area contributed by atoms with Gasteiger partial charge in [0.2, 0.25) is 0 Å². The Labute approximate surface area is 167 Å². The number of hydrazone groups is 1. The molecule has 1 heterocycles. The molecule has 0 unspecified atom stereocenters. The van der Waals surface area contributed by atoms with Crippen molar-refractivity contribution in [2.45, 2.75) is 13.5 Å². The Morgan fingerprint density at radius 1 is 1.21 bits per heavy atom. The first-order valence-corrected chi connectivity index (χ1v) is 8.83. The molecule has 3 aromatic rings. The molecule has 8 heteroatoms. The molecule has 2 N–H and O–H groups in total. The van der Waals surface area contributed by atoms with Gasteiger partial charge < -0.3 is 9.47 Å². The molecule has 0 aliphatic heterocycles. The van der Waals surface area contributed by atoms with Crippen LogP contribution in [0.5, 0.6) is 11.5 Å². The van der Waals surface area contributed by atoms with Crippen LogP contribution in [0.4, 0.5) is 5.69 Å². The second-order valence-electron chi connectivity index (χ2n) is 5.98. The third kappa shape index (κ3) is 4.89. The van der Waals surface area contributed by atoms with Crippen LogP contribution >= 0.6 is 11.6 Å². The fraction of sp³-hybridized carbons (Fsp3) is 0.150. The summed E-state index contributed by atoms with van der Waals surface area (Å²) in [6.07, 6.45) is 2.95. The number of rotatable bonds is 7. The number of hydrogen-bond acceptors (Lipinski definition) is 6. The van der Waals surface area contributed by atoms with Crippen LogP contribution in [0.15, 0.2) is 58.6 Å². The Kier molecular flexibility index (Phi) is 6.29. The molecule has 0 saturated heterocycles. The van der Waals surface area contributed by atoms with Crippen molar-refractivity contribution in [2.24, 2.45) is 5.10 Å². The lowest BCUT2D eigenvalue weighted by Crippen LogP contribution is -2.10. The van der Waals surface area contributed by atoms with Gasteiger partial charge in [-0.1, -0.05) is 41.4 Å². The maximum absolute atomic E-state index is 11.4. The van der Waals surface area contributed by atoms with Gasteiger partial charge in [-0.3, -0.25) is 10.2 Å². The fourth-order valence-electron chi connectivity index (χ4n) is 2.37. The van der Waals surface area contributed by atoms with Crippen molar-refractivity contribution < 1.29 is 9.47 Å². The first-order valence-electron chi connectivity index (χ1n) is 8.45. The Bertz CT molecular complexity index is 1030. The third-order valence-electron chi connectivity index (χ3n) is 3.90. The van der Waals surface area contributed by atoms with E-state index in [9.17, 15) is 4.79 Å². The van der Waals surface area contributed by atoms with E-state index >= 15 is 0 Å². The molecule has 0 fully saturated rings. The molecule has 0 spiro atoms. The van der Waals surface area contributed by atoms with E-state index in [4.69, 9.17) is 21.1 Å². The van der Waals surface area contributed by atoms with Crippen LogP contribution < -0.4 is 20.5 Å². The highest BCUT2D eigenvalue weighted by atomic mass is 35.5. The summed E-state index contributed by atoms with van der Waals surface area (Å²) < 4.78 is 11.3. The zero-order chi connectivity index (χ0) is 19.9. The monoisotopic (exact) mass is 398 g/mol. The van der Waals surface area contributed by atoms with E-state index in [1.807, 2.05) is 43.3 Å². The zero-order valence-electron chi connectivity index (χ0n) is 15.4. The molecule has 28 heavy (non-hydrogen) atoms. The number of H-pyrrole nitrogens is 1. The molecule has 0 amide bonds. The molecule has 0 atom stereocenters. The number of anilines is 1. The number of nitrogens with one attached hydrogen (secondary N) is 2. The number of aromatic nitrogens is 2. The van der Waals surface area contributed by atoms with Gasteiger partial charge >= 0.3 is 0 Å². The van der Waals surface area contributed by atoms with Crippen LogP contribution in [0.2, 0.25) is 5.02 Å². The first-order chi connectivity index (χ1) is 13.6. The van der Waals surface area contributed by atoms with Gasteiger partial charge in [0.15, 0.2) is 11.5 Å². The average Bonchev–Trinajstić information content (AvgIpc) is 2.71. The molecule has 7 nitrogen and oxygen atoms in total. The minimum absolute atomic E-state index is 0.00964. The number of aryl methyl sites for hydroxylation is 1. The predicted molar refractivity (Wildman–Crippen MR) is 110 cm³/mol. The van der Waals surface area contributed by atoms with E-state index in [0.717, 1.165) is 11.1 Å². The van der Waals surface area contributed by atoms with Crippen LogP contribution in [-0.2, 0) is 6.61 Å². The third-order valence-corrected chi connectivity index (χ3v) is 4.27. The highest BCUT2D eigenvalue weighted by Crippen LogP contribution is 2.28. The Balaban J connectivity index is 1.67. The van der Waals surface area contributed by atoms with E-state index in [1.165, 1.54) is 11.8 Å². The number of aromatic amines is 1. The standard InChI is InChI=1S/C20H19ClN4O3/c1-13-3-5-14(6-4-13)12-28-17-8-7-15(9-18(17)27-2)10-22-24-16-11-23-25-20(26)19(16)21/h3-11H,12H2,1-2H3,(H2,24,25,26)/b22-10+. The summed E-state index contributed by atoms with van der Waals surface area (Å²) in [7, 11) is 1.58. The number of methoxy groups -OCH3 is 1. The molecule has 0 bridgehead atoms. The van der Waals surface area contributed by atoms with Gasteiger partial charge in [-0.25, -0.2) is 5.10 Å². The smallest absolute Gasteiger partial charge is 0.285 e. The van der Waals surface area contributed by atoms with Gasteiger partial charge in [-0.15, -0.1) is 0 Å². The zero-order valence-corrected chi connectivity index (χ0v) is 16.2. The van der Waals surface area contributed by atoms with E-state index in [0.29, 0.717) is 23.8 Å². The number of nitrogens with zero attached hydrogens (tertiary/aromatic N) is 2. The van der Waals surface area contributed by atoms with Crippen LogP contribution in [0.3, 0.4) is 0 Å². The van der Waals surface area contributed by atoms with Crippen LogP contribution in [-0.4, -0.2) is 23.5 Å². The normalized spacial score (nSPS) is 10.8. The van der Waals surface area contributed by atoms with Gasteiger partial charge in [-0.05, 0) is 36.2 Å². The summed E-state index contributed by atoms with van der Waals surface area (Å²) in [5.74, 6) is 1.22. The summed E-state index contributed by atoms with van der Waals surface area (Å²) in [4.78, 5) is 11.4. The largest absolute Gasteiger partial charge is 0.493 e. The molecule has 1 aromatic heterocycles. The van der Waals surface area contributed by atoms with E-state index in [1.54, 1.807) is 19.4 Å². The molecule has 0 aliphatic carbocycles. The van der Waals surface area contributed by atoms with Crippen molar-refractivity contribution in [3.63, 3.8) is 0 Å². The lowest BCUT2D eigenvalue weighted by atomic mass is 10.2. The highest BCUT2D eigenvalue weighted by Gasteiger charge is 2.06. The second kappa shape index (κ2) is 9.05. The summed E-state index contributed by atoms with van der Waals surface area (Å²) in [6, 6.07) is 13.6. The van der Waals surface area contributed by atoms with Crippen molar-refractivity contribution in [3.05, 3.63) is 80.7 Å². The summed E-state index contributed by atoms with van der Waals surface area (Å²) in [5.41, 5.74) is 5.57. The minimum atomic E-state index is -0.487. The number of hydrogen-bond donors (Lipinski definition) is 2. The Morgan fingerprint density at radius 3 is 2.75 bits per heavy atom. The lowest BCUT2D eigenvalue weighted by Gasteiger charge is -2.11. The molecule has 3 rings (SSSR count). The quantitative estimate of drug-likeness (QED) is 0.467. The maximum Gasteiger partial charge on any atom is 0.285 e. The summed E-state index contributed by atoms with van der Waals surface area (Å²) in [5, 5.41) is 9.96. The average molecular weight is 399 g/mol. The Morgan fingerprint density at radius 2 is 2.00 bits per heavy atom. The summed E-state index contributed by atoms with van der Waals surface area (Å²) in [6.45, 7) is 2.49. The predicted octanol–water partition coefficient (Wildman–Crippen LogP) is 3.77. The fourth-order valence-corrected chi connectivity index (χ4v) is 2.50. The second-order valence-corrected chi connectivity index (χ2v) is 6.36. The molecule has 0 saturated carbocycles. The van der Waals surface area contributed by atoms with Gasteiger partial charge in [0.1, 0.15) is 17.3 Å². The first kappa shape index (κ1) is 19.4. The molecule has 2 aromatic carbocycles. The SMILES string of the molecule is COc1cc(/C=N/Nc2cn[nH]c(=O)c2Cl)ccc1OCc1ccc(C)cc1. The number of benzene rings is 2. The van der Waals surface area contributed by atoms with E-state index in [2.05, 4.69) is 20.7 Å². The van der Waals surface area contributed by atoms with E-state index in [-0.39, 0.29) is 5.02 Å². The number of ether oxygens (including phenoxy) is 2. The van der Waals surface area contributed by atoms with Gasteiger partial charge in [-0.2, -0.15) is 10.2 Å². The molecule has 0 aliphatic rings. The topological polar surface area (TPSA) is 88.6 Å². The van der Waals surface area contributed by atoms with Crippen LogP contribution in [0, 0.1) is 6.92 Å². The van der Waals surface area contributed by atoms with Gasteiger partial charge in [0.25, 0.3) is 5.56 Å². The number of halogens is 1. The molecular formula is C20H19ClN4O3. The summed E-state index contributed by atoms with van der Waals surface area (Å²) >= 11 is 5.88. The Hall–Kier alpha value is -3.32. The maximum atomic E-state index is 11.4. The van der Waals surface area contributed by atoms with E-state index < -0.39 is 5.56 Å².